The minimum Gasteiger partial charge on any atom is -0.431 e. The Morgan fingerprint density at radius 1 is 0.889 bits per heavy atom. The summed E-state index contributed by atoms with van der Waals surface area (Å²) in [7, 11) is -0.989. The van der Waals surface area contributed by atoms with Gasteiger partial charge < -0.3 is 9.05 Å². The molecule has 0 fully saturated rings. The van der Waals surface area contributed by atoms with Gasteiger partial charge in [0.05, 0.1) is 5.30 Å². The van der Waals surface area contributed by atoms with Gasteiger partial charge in [-0.3, -0.25) is 0 Å². The van der Waals surface area contributed by atoms with E-state index in [1.165, 1.54) is 12.0 Å². The molecule has 1 aliphatic rings. The maximum atomic E-state index is 5.84. The minimum atomic E-state index is -0.989. The number of para-hydroxylation sites is 2. The lowest BCUT2D eigenvalue weighted by molar-refractivity contribution is 0.587. The van der Waals surface area contributed by atoms with Crippen molar-refractivity contribution >= 4 is 13.7 Å². The average molecular weight is 258 g/mol. The Bertz CT molecular complexity index is 511. The fraction of sp³-hybridized carbons (Fsp3) is 0.200. The second kappa shape index (κ2) is 4.99. The molecule has 0 atom stereocenters. The smallest absolute Gasteiger partial charge is 0.326 e. The molecule has 3 heteroatoms. The lowest BCUT2D eigenvalue weighted by atomic mass is 10.1. The molecule has 3 rings (SSSR count). The summed E-state index contributed by atoms with van der Waals surface area (Å²) in [6.07, 6.45) is 2.30. The van der Waals surface area contributed by atoms with E-state index >= 15 is 0 Å². The van der Waals surface area contributed by atoms with Crippen molar-refractivity contribution in [2.75, 3.05) is 0 Å². The van der Waals surface area contributed by atoms with Crippen LogP contribution >= 0.6 is 8.38 Å². The Hall–Kier alpha value is -1.53. The standard InChI is InChI=1S/C15H15O2P/c1-2-5-12-8-10-13(11-9-12)18-16-14-6-3-4-7-15(14)17-18/h3-4,6-11H,2,5H2,1H3. The van der Waals surface area contributed by atoms with Crippen LogP contribution in [-0.4, -0.2) is 0 Å². The van der Waals surface area contributed by atoms with E-state index in [0.29, 0.717) is 0 Å². The van der Waals surface area contributed by atoms with Crippen molar-refractivity contribution in [3.63, 3.8) is 0 Å². The van der Waals surface area contributed by atoms with Crippen LogP contribution in [0.4, 0.5) is 0 Å². The van der Waals surface area contributed by atoms with E-state index in [9.17, 15) is 0 Å². The first kappa shape index (κ1) is 11.6. The molecular formula is C15H15O2P. The zero-order valence-corrected chi connectivity index (χ0v) is 11.2. The molecule has 1 heterocycles. The van der Waals surface area contributed by atoms with Crippen LogP contribution in [0.15, 0.2) is 48.5 Å². The highest BCUT2D eigenvalue weighted by molar-refractivity contribution is 7.57. The maximum Gasteiger partial charge on any atom is 0.326 e. The number of hydrogen-bond donors (Lipinski definition) is 0. The Labute approximate surface area is 108 Å². The Kier molecular flexibility index (Phi) is 3.21. The normalized spacial score (nSPS) is 13.8. The first-order chi connectivity index (χ1) is 8.86. The van der Waals surface area contributed by atoms with Crippen molar-refractivity contribution in [3.8, 4) is 11.5 Å². The Morgan fingerprint density at radius 2 is 1.50 bits per heavy atom. The molecule has 0 radical (unpaired) electrons. The molecule has 2 aromatic rings. The topological polar surface area (TPSA) is 18.5 Å². The van der Waals surface area contributed by atoms with Gasteiger partial charge in [0.25, 0.3) is 0 Å². The van der Waals surface area contributed by atoms with Crippen LogP contribution in [0.1, 0.15) is 18.9 Å². The fourth-order valence-corrected chi connectivity index (χ4v) is 3.28. The summed E-state index contributed by atoms with van der Waals surface area (Å²) in [5.74, 6) is 1.70. The highest BCUT2D eigenvalue weighted by atomic mass is 31.2. The molecule has 0 aliphatic carbocycles. The zero-order valence-electron chi connectivity index (χ0n) is 10.3. The van der Waals surface area contributed by atoms with Crippen LogP contribution in [0, 0.1) is 0 Å². The summed E-state index contributed by atoms with van der Waals surface area (Å²) in [4.78, 5) is 0. The number of rotatable bonds is 3. The van der Waals surface area contributed by atoms with E-state index in [1.54, 1.807) is 0 Å². The second-order valence-electron chi connectivity index (χ2n) is 4.30. The van der Waals surface area contributed by atoms with Gasteiger partial charge in [-0.1, -0.05) is 37.6 Å². The molecular weight excluding hydrogens is 243 g/mol. The van der Waals surface area contributed by atoms with E-state index in [4.69, 9.17) is 9.05 Å². The van der Waals surface area contributed by atoms with Crippen molar-refractivity contribution in [1.82, 2.24) is 0 Å². The lowest BCUT2D eigenvalue weighted by Crippen LogP contribution is -2.05. The van der Waals surface area contributed by atoms with Crippen molar-refractivity contribution < 1.29 is 9.05 Å². The van der Waals surface area contributed by atoms with E-state index in [-0.39, 0.29) is 0 Å². The van der Waals surface area contributed by atoms with Crippen molar-refractivity contribution in [1.29, 1.82) is 0 Å². The van der Waals surface area contributed by atoms with E-state index in [0.717, 1.165) is 23.2 Å². The molecule has 18 heavy (non-hydrogen) atoms. The predicted molar refractivity (Wildman–Crippen MR) is 74.7 cm³/mol. The minimum absolute atomic E-state index is 0.848. The van der Waals surface area contributed by atoms with Crippen LogP contribution in [0.3, 0.4) is 0 Å². The quantitative estimate of drug-likeness (QED) is 0.773. The average Bonchev–Trinajstić information content (AvgIpc) is 2.84. The number of benzene rings is 2. The molecule has 0 aromatic heterocycles. The molecule has 1 aliphatic heterocycles. The third-order valence-corrected chi connectivity index (χ3v) is 4.34. The van der Waals surface area contributed by atoms with Crippen molar-refractivity contribution in [2.45, 2.75) is 19.8 Å². The summed E-state index contributed by atoms with van der Waals surface area (Å²) < 4.78 is 11.7. The molecule has 0 bridgehead atoms. The molecule has 0 saturated carbocycles. The van der Waals surface area contributed by atoms with Crippen LogP contribution in [0.25, 0.3) is 0 Å². The van der Waals surface area contributed by atoms with Gasteiger partial charge in [0, 0.05) is 0 Å². The van der Waals surface area contributed by atoms with Gasteiger partial charge in [-0.05, 0) is 36.2 Å². The van der Waals surface area contributed by atoms with Crippen molar-refractivity contribution in [3.05, 3.63) is 54.1 Å². The summed E-state index contributed by atoms with van der Waals surface area (Å²) in [5.41, 5.74) is 1.37. The molecule has 0 N–H and O–H groups in total. The maximum absolute atomic E-state index is 5.84. The molecule has 2 aromatic carbocycles. The molecule has 92 valence electrons. The van der Waals surface area contributed by atoms with Gasteiger partial charge in [0.15, 0.2) is 11.5 Å². The SMILES string of the molecule is CCCc1ccc(P2Oc3ccccc3O2)cc1. The van der Waals surface area contributed by atoms with Crippen LogP contribution in [0.5, 0.6) is 11.5 Å². The third-order valence-electron chi connectivity index (χ3n) is 2.90. The summed E-state index contributed by atoms with van der Waals surface area (Å²) >= 11 is 0. The molecule has 2 nitrogen and oxygen atoms in total. The summed E-state index contributed by atoms with van der Waals surface area (Å²) in [5, 5.41) is 1.13. The molecule has 0 saturated heterocycles. The number of fused-ring (bicyclic) bond motifs is 1. The summed E-state index contributed by atoms with van der Waals surface area (Å²) in [6, 6.07) is 16.4. The first-order valence-corrected chi connectivity index (χ1v) is 7.38. The summed E-state index contributed by atoms with van der Waals surface area (Å²) in [6.45, 7) is 2.19. The van der Waals surface area contributed by atoms with Gasteiger partial charge in [0.1, 0.15) is 0 Å². The Morgan fingerprint density at radius 3 is 2.06 bits per heavy atom. The largest absolute Gasteiger partial charge is 0.431 e. The van der Waals surface area contributed by atoms with Gasteiger partial charge in [-0.2, -0.15) is 0 Å². The monoisotopic (exact) mass is 258 g/mol. The molecule has 0 amide bonds. The van der Waals surface area contributed by atoms with Crippen LogP contribution in [0.2, 0.25) is 0 Å². The first-order valence-electron chi connectivity index (χ1n) is 6.21. The van der Waals surface area contributed by atoms with Gasteiger partial charge in [-0.15, -0.1) is 0 Å². The zero-order chi connectivity index (χ0) is 12.4. The van der Waals surface area contributed by atoms with E-state index in [1.807, 2.05) is 24.3 Å². The highest BCUT2D eigenvalue weighted by Crippen LogP contribution is 2.51. The second-order valence-corrected chi connectivity index (χ2v) is 5.70. The fourth-order valence-electron chi connectivity index (χ4n) is 1.98. The van der Waals surface area contributed by atoms with E-state index < -0.39 is 8.38 Å². The van der Waals surface area contributed by atoms with Gasteiger partial charge in [-0.25, -0.2) is 0 Å². The number of aryl methyl sites for hydroxylation is 1. The number of hydrogen-bond acceptors (Lipinski definition) is 2. The highest BCUT2D eigenvalue weighted by Gasteiger charge is 2.27. The van der Waals surface area contributed by atoms with Crippen molar-refractivity contribution in [2.24, 2.45) is 0 Å². The van der Waals surface area contributed by atoms with Gasteiger partial charge >= 0.3 is 8.38 Å². The predicted octanol–water partition coefficient (Wildman–Crippen LogP) is 4.05. The van der Waals surface area contributed by atoms with Crippen LogP contribution in [-0.2, 0) is 6.42 Å². The molecule has 0 unspecified atom stereocenters. The molecule has 0 spiro atoms. The van der Waals surface area contributed by atoms with E-state index in [2.05, 4.69) is 31.2 Å². The lowest BCUT2D eigenvalue weighted by Gasteiger charge is -2.08. The van der Waals surface area contributed by atoms with Crippen LogP contribution < -0.4 is 14.4 Å². The van der Waals surface area contributed by atoms with Gasteiger partial charge in [0.2, 0.25) is 0 Å². The third kappa shape index (κ3) is 2.21. The Balaban J connectivity index is 1.78.